The molecule has 12 heteroatoms. The molecule has 3 aromatic rings. The lowest BCUT2D eigenvalue weighted by molar-refractivity contribution is 0.577. The zero-order valence-corrected chi connectivity index (χ0v) is 21.5. The number of anilines is 3. The van der Waals surface area contributed by atoms with E-state index in [1.54, 1.807) is 24.3 Å². The zero-order chi connectivity index (χ0) is 25.2. The average Bonchev–Trinajstić information content (AvgIpc) is 2.82. The van der Waals surface area contributed by atoms with Crippen molar-refractivity contribution >= 4 is 60.3 Å². The second kappa shape index (κ2) is 10.2. The maximum atomic E-state index is 13.6. The number of para-hydroxylation sites is 1. The topological polar surface area (TPSA) is 95.6 Å². The summed E-state index contributed by atoms with van der Waals surface area (Å²) in [5.41, 5.74) is 0.810. The third kappa shape index (κ3) is 5.83. The standard InChI is InChI=1S/C23H22Cl2FN3O4S2/c24-18-6-2-3-7-21(18)27-35(32,33)17-9-11-23(29-12-4-1-5-13-29)22(15-17)28-34(30,31)16-8-10-20(26)19(25)14-16/h2-3,6-11,14-15,27-28H,1,4-5,12-13H2. The fraction of sp³-hybridized carbons (Fsp3) is 0.217. The van der Waals surface area contributed by atoms with Crippen LogP contribution in [0.4, 0.5) is 21.5 Å². The third-order valence-electron chi connectivity index (χ3n) is 5.54. The Kier molecular flexibility index (Phi) is 7.46. The number of hydrogen-bond acceptors (Lipinski definition) is 5. The predicted octanol–water partition coefficient (Wildman–Crippen LogP) is 5.72. The maximum Gasteiger partial charge on any atom is 0.262 e. The van der Waals surface area contributed by atoms with Crippen molar-refractivity contribution in [1.82, 2.24) is 0 Å². The molecule has 0 amide bonds. The Bertz CT molecular complexity index is 1460. The van der Waals surface area contributed by atoms with Gasteiger partial charge in [0.1, 0.15) is 5.82 Å². The van der Waals surface area contributed by atoms with Crippen molar-refractivity contribution in [2.24, 2.45) is 0 Å². The minimum absolute atomic E-state index is 0.0781. The second-order valence-electron chi connectivity index (χ2n) is 7.99. The van der Waals surface area contributed by atoms with Crippen molar-refractivity contribution in [3.63, 3.8) is 0 Å². The normalized spacial score (nSPS) is 14.5. The molecule has 0 spiro atoms. The van der Waals surface area contributed by atoms with Crippen LogP contribution >= 0.6 is 23.2 Å². The van der Waals surface area contributed by atoms with E-state index in [1.807, 2.05) is 4.90 Å². The number of rotatable bonds is 7. The van der Waals surface area contributed by atoms with Crippen LogP contribution in [0.5, 0.6) is 0 Å². The van der Waals surface area contributed by atoms with Gasteiger partial charge in [0.15, 0.2) is 0 Å². The maximum absolute atomic E-state index is 13.6. The molecule has 1 aliphatic heterocycles. The van der Waals surface area contributed by atoms with Gasteiger partial charge in [-0.1, -0.05) is 35.3 Å². The quantitative estimate of drug-likeness (QED) is 0.387. The molecule has 35 heavy (non-hydrogen) atoms. The molecule has 1 fully saturated rings. The van der Waals surface area contributed by atoms with E-state index in [0.717, 1.165) is 37.5 Å². The third-order valence-corrected chi connectivity index (χ3v) is 8.88. The predicted molar refractivity (Wildman–Crippen MR) is 137 cm³/mol. The molecule has 0 radical (unpaired) electrons. The summed E-state index contributed by atoms with van der Waals surface area (Å²) in [5, 5.41) is -0.125. The number of halogens is 3. The van der Waals surface area contributed by atoms with Crippen molar-refractivity contribution < 1.29 is 21.2 Å². The molecular weight excluding hydrogens is 536 g/mol. The molecule has 186 valence electrons. The van der Waals surface area contributed by atoms with E-state index < -0.39 is 25.9 Å². The van der Waals surface area contributed by atoms with Gasteiger partial charge in [0.25, 0.3) is 20.0 Å². The lowest BCUT2D eigenvalue weighted by atomic mass is 10.1. The van der Waals surface area contributed by atoms with Gasteiger partial charge in [-0.05, 0) is 67.8 Å². The molecule has 0 bridgehead atoms. The van der Waals surface area contributed by atoms with Crippen LogP contribution in [0.15, 0.2) is 70.5 Å². The Labute approximate surface area is 214 Å². The first kappa shape index (κ1) is 25.6. The van der Waals surface area contributed by atoms with Crippen LogP contribution in [0.1, 0.15) is 19.3 Å². The van der Waals surface area contributed by atoms with E-state index in [-0.39, 0.29) is 31.2 Å². The SMILES string of the molecule is O=S(=O)(Nc1ccccc1Cl)c1ccc(N2CCCCC2)c(NS(=O)(=O)c2ccc(F)c(Cl)c2)c1. The molecule has 7 nitrogen and oxygen atoms in total. The first-order valence-electron chi connectivity index (χ1n) is 10.7. The number of hydrogen-bond donors (Lipinski definition) is 2. The lowest BCUT2D eigenvalue weighted by Crippen LogP contribution is -2.30. The Hall–Kier alpha value is -2.53. The van der Waals surface area contributed by atoms with Crippen LogP contribution in [0.25, 0.3) is 0 Å². The summed E-state index contributed by atoms with van der Waals surface area (Å²) in [4.78, 5) is 1.58. The minimum atomic E-state index is -4.21. The number of nitrogens with one attached hydrogen (secondary N) is 2. The van der Waals surface area contributed by atoms with Crippen molar-refractivity contribution in [1.29, 1.82) is 0 Å². The van der Waals surface area contributed by atoms with Crippen molar-refractivity contribution in [3.05, 3.63) is 76.5 Å². The Morgan fingerprint density at radius 3 is 1.97 bits per heavy atom. The van der Waals surface area contributed by atoms with Crippen LogP contribution in [0.3, 0.4) is 0 Å². The molecule has 0 saturated carbocycles. The van der Waals surface area contributed by atoms with Gasteiger partial charge in [0.2, 0.25) is 0 Å². The molecule has 1 heterocycles. The van der Waals surface area contributed by atoms with Crippen LogP contribution in [-0.4, -0.2) is 29.9 Å². The van der Waals surface area contributed by atoms with Gasteiger partial charge in [0.05, 0.1) is 36.9 Å². The molecule has 0 aliphatic carbocycles. The molecule has 4 rings (SSSR count). The summed E-state index contributed by atoms with van der Waals surface area (Å²) in [6, 6.07) is 13.7. The van der Waals surface area contributed by atoms with Gasteiger partial charge >= 0.3 is 0 Å². The lowest BCUT2D eigenvalue weighted by Gasteiger charge is -2.31. The number of benzene rings is 3. The molecule has 0 atom stereocenters. The highest BCUT2D eigenvalue weighted by atomic mass is 35.5. The van der Waals surface area contributed by atoms with Gasteiger partial charge in [-0.3, -0.25) is 9.44 Å². The highest BCUT2D eigenvalue weighted by Crippen LogP contribution is 2.34. The van der Waals surface area contributed by atoms with E-state index in [2.05, 4.69) is 9.44 Å². The molecule has 1 aliphatic rings. The molecule has 2 N–H and O–H groups in total. The highest BCUT2D eigenvalue weighted by Gasteiger charge is 2.24. The monoisotopic (exact) mass is 557 g/mol. The summed E-state index contributed by atoms with van der Waals surface area (Å²) < 4.78 is 70.9. The van der Waals surface area contributed by atoms with Gasteiger partial charge in [-0.2, -0.15) is 0 Å². The first-order chi connectivity index (χ1) is 16.6. The summed E-state index contributed by atoms with van der Waals surface area (Å²) >= 11 is 11.9. The highest BCUT2D eigenvalue weighted by molar-refractivity contribution is 7.93. The number of sulfonamides is 2. The van der Waals surface area contributed by atoms with Crippen LogP contribution in [0, 0.1) is 5.82 Å². The van der Waals surface area contributed by atoms with E-state index in [9.17, 15) is 21.2 Å². The molecule has 0 unspecified atom stereocenters. The molecular formula is C23H22Cl2FN3O4S2. The van der Waals surface area contributed by atoms with Crippen LogP contribution < -0.4 is 14.3 Å². The first-order valence-corrected chi connectivity index (χ1v) is 14.4. The minimum Gasteiger partial charge on any atom is -0.370 e. The number of piperidine rings is 1. The smallest absolute Gasteiger partial charge is 0.262 e. The fourth-order valence-electron chi connectivity index (χ4n) is 3.77. The van der Waals surface area contributed by atoms with Gasteiger partial charge in [-0.15, -0.1) is 0 Å². The van der Waals surface area contributed by atoms with E-state index >= 15 is 0 Å². The number of nitrogens with zero attached hydrogens (tertiary/aromatic N) is 1. The van der Waals surface area contributed by atoms with Crippen LogP contribution in [0.2, 0.25) is 10.0 Å². The van der Waals surface area contributed by atoms with E-state index in [0.29, 0.717) is 18.8 Å². The molecule has 0 aromatic heterocycles. The summed E-state index contributed by atoms with van der Waals surface area (Å²) in [7, 11) is -8.30. The summed E-state index contributed by atoms with van der Waals surface area (Å²) in [5.74, 6) is -0.752. The second-order valence-corrected chi connectivity index (χ2v) is 12.2. The van der Waals surface area contributed by atoms with E-state index in [1.165, 1.54) is 18.2 Å². The van der Waals surface area contributed by atoms with Crippen molar-refractivity contribution in [3.8, 4) is 0 Å². The van der Waals surface area contributed by atoms with Crippen molar-refractivity contribution in [2.45, 2.75) is 29.1 Å². The largest absolute Gasteiger partial charge is 0.370 e. The van der Waals surface area contributed by atoms with E-state index in [4.69, 9.17) is 23.2 Å². The summed E-state index contributed by atoms with van der Waals surface area (Å²) in [6.45, 7) is 1.39. The Morgan fingerprint density at radius 1 is 0.714 bits per heavy atom. The Morgan fingerprint density at radius 2 is 1.31 bits per heavy atom. The average molecular weight is 558 g/mol. The molecule has 3 aromatic carbocycles. The van der Waals surface area contributed by atoms with Gasteiger partial charge < -0.3 is 4.90 Å². The summed E-state index contributed by atoms with van der Waals surface area (Å²) in [6.07, 6.45) is 2.90. The Balaban J connectivity index is 1.75. The van der Waals surface area contributed by atoms with Gasteiger partial charge in [-0.25, -0.2) is 21.2 Å². The fourth-order valence-corrected chi connectivity index (χ4v) is 6.45. The molecule has 1 saturated heterocycles. The van der Waals surface area contributed by atoms with Crippen molar-refractivity contribution in [2.75, 3.05) is 27.4 Å². The van der Waals surface area contributed by atoms with Gasteiger partial charge in [0, 0.05) is 13.1 Å². The van der Waals surface area contributed by atoms with Crippen LogP contribution in [-0.2, 0) is 20.0 Å². The zero-order valence-electron chi connectivity index (χ0n) is 18.3.